The molecule has 0 aromatic heterocycles. The van der Waals surface area contributed by atoms with E-state index in [1.54, 1.807) is 6.07 Å². The van der Waals surface area contributed by atoms with Gasteiger partial charge in [0.1, 0.15) is 13.2 Å². The second-order valence-electron chi connectivity index (χ2n) is 6.47. The Morgan fingerprint density at radius 2 is 1.96 bits per heavy atom. The first-order chi connectivity index (χ1) is 11.7. The molecule has 3 nitrogen and oxygen atoms in total. The molecule has 1 fully saturated rings. The molecule has 0 spiro atoms. The van der Waals surface area contributed by atoms with Crippen LogP contribution in [0.5, 0.6) is 11.5 Å². The molecule has 2 aromatic rings. The highest BCUT2D eigenvalue weighted by atomic mass is 35.5. The van der Waals surface area contributed by atoms with Crippen LogP contribution in [0.2, 0.25) is 10.0 Å². The third-order valence-corrected chi connectivity index (χ3v) is 5.34. The van der Waals surface area contributed by atoms with Crippen LogP contribution < -0.4 is 14.8 Å². The SMILES string of the molecule is Clc1ccc(-c2cccc3c2OC(C[NH2+]C2CCC2)CO3)c(Cl)c1. The predicted molar refractivity (Wildman–Crippen MR) is 96.2 cm³/mol. The highest BCUT2D eigenvalue weighted by Gasteiger charge is 2.28. The average molecular weight is 365 g/mol. The first kappa shape index (κ1) is 16.1. The number of hydrogen-bond donors (Lipinski definition) is 1. The summed E-state index contributed by atoms with van der Waals surface area (Å²) in [6, 6.07) is 12.2. The highest BCUT2D eigenvalue weighted by molar-refractivity contribution is 6.36. The number of benzene rings is 2. The van der Waals surface area contributed by atoms with E-state index in [0.29, 0.717) is 16.7 Å². The van der Waals surface area contributed by atoms with Crippen molar-refractivity contribution in [3.63, 3.8) is 0 Å². The van der Waals surface area contributed by atoms with Gasteiger partial charge in [-0.15, -0.1) is 0 Å². The zero-order valence-corrected chi connectivity index (χ0v) is 14.8. The Morgan fingerprint density at radius 1 is 1.08 bits per heavy atom. The Bertz CT molecular complexity index is 746. The van der Waals surface area contributed by atoms with Crippen LogP contribution in [0.15, 0.2) is 36.4 Å². The minimum absolute atomic E-state index is 0.0605. The van der Waals surface area contributed by atoms with Crippen molar-refractivity contribution in [1.82, 2.24) is 0 Å². The van der Waals surface area contributed by atoms with Gasteiger partial charge >= 0.3 is 0 Å². The fraction of sp³-hybridized carbons (Fsp3) is 0.368. The van der Waals surface area contributed by atoms with Crippen molar-refractivity contribution in [2.45, 2.75) is 31.4 Å². The number of hydrogen-bond acceptors (Lipinski definition) is 2. The maximum Gasteiger partial charge on any atom is 0.181 e. The van der Waals surface area contributed by atoms with Crippen LogP contribution in [0.1, 0.15) is 19.3 Å². The monoisotopic (exact) mass is 364 g/mol. The first-order valence-corrected chi connectivity index (χ1v) is 9.17. The highest BCUT2D eigenvalue weighted by Crippen LogP contribution is 2.43. The van der Waals surface area contributed by atoms with E-state index >= 15 is 0 Å². The molecule has 5 heteroatoms. The fourth-order valence-corrected chi connectivity index (χ4v) is 3.70. The number of halogens is 2. The van der Waals surface area contributed by atoms with Crippen LogP contribution in [0.4, 0.5) is 0 Å². The largest absolute Gasteiger partial charge is 0.486 e. The normalized spacial score (nSPS) is 19.8. The molecule has 1 aliphatic carbocycles. The molecule has 2 aromatic carbocycles. The van der Waals surface area contributed by atoms with Crippen molar-refractivity contribution in [3.8, 4) is 22.6 Å². The lowest BCUT2D eigenvalue weighted by atomic mass is 9.93. The Labute approximate surface area is 151 Å². The van der Waals surface area contributed by atoms with Crippen molar-refractivity contribution < 1.29 is 14.8 Å². The Balaban J connectivity index is 1.59. The van der Waals surface area contributed by atoms with E-state index < -0.39 is 0 Å². The van der Waals surface area contributed by atoms with Crippen LogP contribution in [-0.4, -0.2) is 25.3 Å². The molecule has 4 rings (SSSR count). The molecule has 1 heterocycles. The lowest BCUT2D eigenvalue weighted by molar-refractivity contribution is -0.703. The van der Waals surface area contributed by atoms with E-state index in [1.165, 1.54) is 19.3 Å². The zero-order chi connectivity index (χ0) is 16.5. The van der Waals surface area contributed by atoms with Gasteiger partial charge in [0.2, 0.25) is 0 Å². The van der Waals surface area contributed by atoms with E-state index in [-0.39, 0.29) is 6.10 Å². The van der Waals surface area contributed by atoms with Crippen LogP contribution in [0.25, 0.3) is 11.1 Å². The number of nitrogens with two attached hydrogens (primary N) is 1. The van der Waals surface area contributed by atoms with E-state index in [0.717, 1.165) is 35.2 Å². The summed E-state index contributed by atoms with van der Waals surface area (Å²) < 4.78 is 12.2. The maximum absolute atomic E-state index is 6.39. The molecule has 1 unspecified atom stereocenters. The molecule has 1 saturated carbocycles. The summed E-state index contributed by atoms with van der Waals surface area (Å²) in [5, 5.41) is 3.63. The van der Waals surface area contributed by atoms with Crippen molar-refractivity contribution in [1.29, 1.82) is 0 Å². The summed E-state index contributed by atoms with van der Waals surface area (Å²) in [5.74, 6) is 1.55. The van der Waals surface area contributed by atoms with Crippen molar-refractivity contribution in [3.05, 3.63) is 46.4 Å². The number of ether oxygens (including phenoxy) is 2. The molecule has 0 saturated heterocycles. The molecular formula is C19H20Cl2NO2+. The van der Waals surface area contributed by atoms with E-state index in [1.807, 2.05) is 30.3 Å². The summed E-state index contributed by atoms with van der Waals surface area (Å²) in [6.45, 7) is 1.51. The minimum Gasteiger partial charge on any atom is -0.486 e. The zero-order valence-electron chi connectivity index (χ0n) is 13.3. The smallest absolute Gasteiger partial charge is 0.181 e. The van der Waals surface area contributed by atoms with Crippen molar-refractivity contribution in [2.75, 3.05) is 13.2 Å². The van der Waals surface area contributed by atoms with Gasteiger partial charge in [-0.2, -0.15) is 0 Å². The minimum atomic E-state index is 0.0605. The quantitative estimate of drug-likeness (QED) is 0.892. The lowest BCUT2D eigenvalue weighted by Crippen LogP contribution is -2.93. The predicted octanol–water partition coefficient (Wildman–Crippen LogP) is 3.92. The van der Waals surface area contributed by atoms with Gasteiger partial charge in [-0.25, -0.2) is 0 Å². The lowest BCUT2D eigenvalue weighted by Gasteiger charge is -2.30. The molecule has 126 valence electrons. The van der Waals surface area contributed by atoms with Gasteiger partial charge in [-0.3, -0.25) is 0 Å². The third kappa shape index (κ3) is 3.21. The van der Waals surface area contributed by atoms with E-state index in [4.69, 9.17) is 32.7 Å². The second kappa shape index (κ2) is 6.83. The molecule has 0 bridgehead atoms. The summed E-state index contributed by atoms with van der Waals surface area (Å²) in [4.78, 5) is 0. The number of rotatable bonds is 4. The van der Waals surface area contributed by atoms with Gasteiger partial charge in [0, 0.05) is 16.1 Å². The summed E-state index contributed by atoms with van der Waals surface area (Å²) in [7, 11) is 0. The van der Waals surface area contributed by atoms with E-state index in [2.05, 4.69) is 5.32 Å². The Morgan fingerprint density at radius 3 is 2.71 bits per heavy atom. The molecule has 2 aliphatic rings. The molecular weight excluding hydrogens is 345 g/mol. The van der Waals surface area contributed by atoms with Crippen LogP contribution in [0, 0.1) is 0 Å². The maximum atomic E-state index is 6.39. The third-order valence-electron chi connectivity index (χ3n) is 4.79. The van der Waals surface area contributed by atoms with Gasteiger partial charge in [-0.1, -0.05) is 41.4 Å². The topological polar surface area (TPSA) is 35.1 Å². The van der Waals surface area contributed by atoms with Gasteiger partial charge in [0.15, 0.2) is 17.6 Å². The number of fused-ring (bicyclic) bond motifs is 1. The summed E-state index contributed by atoms with van der Waals surface area (Å²) in [5.41, 5.74) is 1.85. The molecule has 1 aliphatic heterocycles. The first-order valence-electron chi connectivity index (χ1n) is 8.42. The number of para-hydroxylation sites is 1. The molecule has 0 radical (unpaired) electrons. The second-order valence-corrected chi connectivity index (χ2v) is 7.31. The molecule has 24 heavy (non-hydrogen) atoms. The van der Waals surface area contributed by atoms with Crippen LogP contribution in [-0.2, 0) is 0 Å². The van der Waals surface area contributed by atoms with Gasteiger partial charge < -0.3 is 14.8 Å². The standard InChI is InChI=1S/C19H19Cl2NO2/c20-12-7-8-15(17(21)9-12)16-5-2-6-18-19(16)24-14(11-23-18)10-22-13-3-1-4-13/h2,5-9,13-14,22H,1,3-4,10-11H2/p+1. The summed E-state index contributed by atoms with van der Waals surface area (Å²) >= 11 is 12.4. The Kier molecular flexibility index (Phi) is 4.57. The van der Waals surface area contributed by atoms with Gasteiger partial charge in [-0.05, 0) is 37.5 Å². The van der Waals surface area contributed by atoms with Crippen molar-refractivity contribution >= 4 is 23.2 Å². The van der Waals surface area contributed by atoms with Gasteiger partial charge in [0.05, 0.1) is 11.1 Å². The average Bonchev–Trinajstić information content (AvgIpc) is 2.53. The van der Waals surface area contributed by atoms with E-state index in [9.17, 15) is 0 Å². The number of quaternary nitrogens is 1. The van der Waals surface area contributed by atoms with Gasteiger partial charge in [0.25, 0.3) is 0 Å². The summed E-state index contributed by atoms with van der Waals surface area (Å²) in [6.07, 6.45) is 4.04. The molecule has 1 atom stereocenters. The fourth-order valence-electron chi connectivity index (χ4n) is 3.19. The Hall–Kier alpha value is -1.42. The van der Waals surface area contributed by atoms with Crippen molar-refractivity contribution in [2.24, 2.45) is 0 Å². The van der Waals surface area contributed by atoms with Crippen LogP contribution in [0.3, 0.4) is 0 Å². The van der Waals surface area contributed by atoms with Crippen LogP contribution >= 0.6 is 23.2 Å². The molecule has 2 N–H and O–H groups in total. The molecule has 0 amide bonds.